The fourth-order valence-corrected chi connectivity index (χ4v) is 3.28. The molecule has 3 aromatic carbocycles. The molecule has 9 heteroatoms. The van der Waals surface area contributed by atoms with Gasteiger partial charge in [-0.2, -0.15) is 0 Å². The van der Waals surface area contributed by atoms with Crippen LogP contribution in [0.1, 0.15) is 26.3 Å². The van der Waals surface area contributed by atoms with Gasteiger partial charge in [0, 0.05) is 15.8 Å². The zero-order chi connectivity index (χ0) is 20.3. The zero-order valence-electron chi connectivity index (χ0n) is 14.5. The van der Waals surface area contributed by atoms with Crippen LogP contribution in [0, 0.1) is 6.92 Å². The van der Waals surface area contributed by atoms with Crippen LogP contribution < -0.4 is 5.48 Å². The summed E-state index contributed by atoms with van der Waals surface area (Å²) in [4.78, 5) is 27.6. The van der Waals surface area contributed by atoms with E-state index >= 15 is 0 Å². The quantitative estimate of drug-likeness (QED) is 0.199. The number of hydrogen-bond acceptors (Lipinski definition) is 7. The van der Waals surface area contributed by atoms with E-state index in [0.717, 1.165) is 12.0 Å². The molecule has 0 unspecified atom stereocenters. The molecule has 0 aliphatic rings. The Kier molecular flexibility index (Phi) is 5.69. The highest BCUT2D eigenvalue weighted by atomic mass is 32.2. The number of rotatable bonds is 7. The molecular formula is C19H15NO7S. The molecule has 144 valence electrons. The van der Waals surface area contributed by atoms with E-state index in [4.69, 9.17) is 14.4 Å². The van der Waals surface area contributed by atoms with Crippen LogP contribution in [0.25, 0.3) is 10.8 Å². The third-order valence-electron chi connectivity index (χ3n) is 4.02. The number of carboxylic acid groups (broad SMARTS) is 2. The highest BCUT2D eigenvalue weighted by Crippen LogP contribution is 2.37. The second kappa shape index (κ2) is 8.17. The van der Waals surface area contributed by atoms with Gasteiger partial charge in [0.05, 0.1) is 23.3 Å². The summed E-state index contributed by atoms with van der Waals surface area (Å²) in [5.41, 5.74) is 3.40. The summed E-state index contributed by atoms with van der Waals surface area (Å²) in [7, 11) is 0. The van der Waals surface area contributed by atoms with E-state index in [0.29, 0.717) is 26.9 Å². The minimum Gasteiger partial charge on any atom is -0.507 e. The number of phenols is 1. The second-order valence-corrected chi connectivity index (χ2v) is 6.52. The van der Waals surface area contributed by atoms with E-state index in [1.807, 2.05) is 0 Å². The first-order valence-electron chi connectivity index (χ1n) is 7.96. The molecular weight excluding hydrogens is 386 g/mol. The molecule has 0 radical (unpaired) electrons. The third kappa shape index (κ3) is 4.01. The molecule has 28 heavy (non-hydrogen) atoms. The predicted molar refractivity (Wildman–Crippen MR) is 102 cm³/mol. The fourth-order valence-electron chi connectivity index (χ4n) is 2.65. The molecule has 0 fully saturated rings. The van der Waals surface area contributed by atoms with Crippen LogP contribution in [-0.2, 0) is 9.32 Å². The highest BCUT2D eigenvalue weighted by molar-refractivity contribution is 7.94. The van der Waals surface area contributed by atoms with Crippen LogP contribution in [0.2, 0.25) is 0 Å². The molecule has 0 atom stereocenters. The van der Waals surface area contributed by atoms with Crippen molar-refractivity contribution in [3.63, 3.8) is 0 Å². The average Bonchev–Trinajstić information content (AvgIpc) is 2.68. The molecule has 0 bridgehead atoms. The maximum Gasteiger partial charge on any atom is 0.339 e. The van der Waals surface area contributed by atoms with Crippen molar-refractivity contribution < 1.29 is 34.2 Å². The van der Waals surface area contributed by atoms with Crippen LogP contribution in [0.4, 0.5) is 5.69 Å². The van der Waals surface area contributed by atoms with Crippen molar-refractivity contribution in [1.82, 2.24) is 0 Å². The maximum atomic E-state index is 11.3. The van der Waals surface area contributed by atoms with Crippen LogP contribution in [0.5, 0.6) is 5.75 Å². The smallest absolute Gasteiger partial charge is 0.339 e. The van der Waals surface area contributed by atoms with Crippen LogP contribution in [-0.4, -0.2) is 27.3 Å². The lowest BCUT2D eigenvalue weighted by atomic mass is 10.0. The summed E-state index contributed by atoms with van der Waals surface area (Å²) in [5, 5.41) is 29.5. The number of carbonyl (C=O) groups is 2. The number of fused-ring (bicyclic) bond motifs is 1. The molecule has 3 aromatic rings. The zero-order valence-corrected chi connectivity index (χ0v) is 15.3. The number of carboxylic acids is 2. The molecule has 0 saturated carbocycles. The van der Waals surface area contributed by atoms with Crippen molar-refractivity contribution in [2.75, 3.05) is 5.48 Å². The Morgan fingerprint density at radius 2 is 1.75 bits per heavy atom. The minimum absolute atomic E-state index is 0.146. The molecule has 0 spiro atoms. The number of benzene rings is 3. The minimum atomic E-state index is -1.21. The normalized spacial score (nSPS) is 10.8. The third-order valence-corrected chi connectivity index (χ3v) is 4.68. The molecule has 4 N–H and O–H groups in total. The molecule has 0 aliphatic carbocycles. The summed E-state index contributed by atoms with van der Waals surface area (Å²) in [6, 6.07) is 12.5. The van der Waals surface area contributed by atoms with E-state index in [1.165, 1.54) is 30.3 Å². The first-order valence-corrected chi connectivity index (χ1v) is 8.70. The number of anilines is 1. The van der Waals surface area contributed by atoms with E-state index in [1.54, 1.807) is 25.1 Å². The van der Waals surface area contributed by atoms with Crippen molar-refractivity contribution in [1.29, 1.82) is 0 Å². The molecule has 0 heterocycles. The Balaban J connectivity index is 1.71. The van der Waals surface area contributed by atoms with Gasteiger partial charge in [-0.05, 0) is 48.7 Å². The van der Waals surface area contributed by atoms with Gasteiger partial charge in [0.2, 0.25) is 0 Å². The van der Waals surface area contributed by atoms with Crippen molar-refractivity contribution in [3.8, 4) is 5.75 Å². The predicted octanol–water partition coefficient (Wildman–Crippen LogP) is 4.23. The van der Waals surface area contributed by atoms with Crippen molar-refractivity contribution in [2.45, 2.75) is 11.8 Å². The first kappa shape index (κ1) is 19.5. The summed E-state index contributed by atoms with van der Waals surface area (Å²) < 4.78 is 5.07. The van der Waals surface area contributed by atoms with Crippen molar-refractivity contribution in [2.24, 2.45) is 0 Å². The lowest BCUT2D eigenvalue weighted by Crippen LogP contribution is -2.01. The first-order chi connectivity index (χ1) is 13.4. The van der Waals surface area contributed by atoms with Gasteiger partial charge in [-0.3, -0.25) is 0 Å². The van der Waals surface area contributed by atoms with E-state index in [2.05, 4.69) is 5.48 Å². The van der Waals surface area contributed by atoms with Crippen molar-refractivity contribution in [3.05, 3.63) is 65.2 Å². The SMILES string of the molecule is Cc1c(O)c(C(=O)O)cc2cccc(SOONc3ccc(C(=O)O)cc3)c12. The van der Waals surface area contributed by atoms with Crippen LogP contribution >= 0.6 is 12.0 Å². The van der Waals surface area contributed by atoms with Gasteiger partial charge in [-0.25, -0.2) is 15.1 Å². The standard InChI is InChI=1S/C19H15NO7S/c1-10-16-12(9-14(17(10)21)19(24)25)3-2-4-15(16)28-27-26-20-13-7-5-11(6-8-13)18(22)23/h2-9,20-21H,1H3,(H,22,23)(H,24,25). The Morgan fingerprint density at radius 1 is 1.04 bits per heavy atom. The largest absolute Gasteiger partial charge is 0.507 e. The van der Waals surface area contributed by atoms with Gasteiger partial charge in [-0.1, -0.05) is 12.1 Å². The van der Waals surface area contributed by atoms with Gasteiger partial charge in [-0.15, -0.1) is 9.32 Å². The lowest BCUT2D eigenvalue weighted by molar-refractivity contribution is -0.161. The highest BCUT2D eigenvalue weighted by Gasteiger charge is 2.17. The van der Waals surface area contributed by atoms with Gasteiger partial charge < -0.3 is 15.3 Å². The number of nitrogens with one attached hydrogen (secondary N) is 1. The number of hydrogen-bond donors (Lipinski definition) is 4. The Bertz CT molecular complexity index is 1050. The molecule has 8 nitrogen and oxygen atoms in total. The molecule has 0 aromatic heterocycles. The number of aryl methyl sites for hydroxylation is 1. The molecule has 3 rings (SSSR count). The Labute approximate surface area is 163 Å². The summed E-state index contributed by atoms with van der Waals surface area (Å²) in [6.45, 7) is 1.62. The van der Waals surface area contributed by atoms with Gasteiger partial charge in [0.1, 0.15) is 11.3 Å². The maximum absolute atomic E-state index is 11.3. The Morgan fingerprint density at radius 3 is 2.39 bits per heavy atom. The van der Waals surface area contributed by atoms with E-state index < -0.39 is 11.9 Å². The molecule has 0 aliphatic heterocycles. The summed E-state index contributed by atoms with van der Waals surface area (Å²) in [5.74, 6) is -2.54. The molecule has 0 amide bonds. The van der Waals surface area contributed by atoms with Crippen LogP contribution in [0.15, 0.2) is 53.4 Å². The average molecular weight is 401 g/mol. The van der Waals surface area contributed by atoms with Crippen molar-refractivity contribution >= 4 is 40.4 Å². The number of aromatic hydroxyl groups is 1. The second-order valence-electron chi connectivity index (χ2n) is 5.78. The van der Waals surface area contributed by atoms with E-state index in [-0.39, 0.29) is 16.9 Å². The number of aromatic carboxylic acids is 2. The van der Waals surface area contributed by atoms with Gasteiger partial charge in [0.15, 0.2) is 0 Å². The van der Waals surface area contributed by atoms with Crippen LogP contribution in [0.3, 0.4) is 0 Å². The topological polar surface area (TPSA) is 125 Å². The summed E-state index contributed by atoms with van der Waals surface area (Å²) >= 11 is 0.877. The lowest BCUT2D eigenvalue weighted by Gasteiger charge is -2.12. The Hall–Kier alpha value is -3.27. The molecule has 0 saturated heterocycles. The van der Waals surface area contributed by atoms with E-state index in [9.17, 15) is 19.8 Å². The van der Waals surface area contributed by atoms with Gasteiger partial charge >= 0.3 is 11.9 Å². The fraction of sp³-hybridized carbons (Fsp3) is 0.0526. The van der Waals surface area contributed by atoms with Gasteiger partial charge in [0.25, 0.3) is 0 Å². The summed E-state index contributed by atoms with van der Waals surface area (Å²) in [6.07, 6.45) is 0. The monoisotopic (exact) mass is 401 g/mol.